The van der Waals surface area contributed by atoms with E-state index in [9.17, 15) is 9.90 Å². The minimum Gasteiger partial charge on any atom is -0.507 e. The molecule has 0 fully saturated rings. The molecule has 0 bridgehead atoms. The second-order valence-corrected chi connectivity index (χ2v) is 3.87. The zero-order valence-electron chi connectivity index (χ0n) is 10.0. The summed E-state index contributed by atoms with van der Waals surface area (Å²) in [5.41, 5.74) is 1.75. The van der Waals surface area contributed by atoms with Gasteiger partial charge in [-0.2, -0.15) is 0 Å². The Hall–Kier alpha value is -2.50. The van der Waals surface area contributed by atoms with E-state index in [2.05, 4.69) is 20.3 Å². The molecule has 6 nitrogen and oxygen atoms in total. The number of carbonyl (C=O) groups is 1. The summed E-state index contributed by atoms with van der Waals surface area (Å²) in [6, 6.07) is 3.22. The summed E-state index contributed by atoms with van der Waals surface area (Å²) in [5.74, 6) is 0.0671. The van der Waals surface area contributed by atoms with Crippen LogP contribution in [0.3, 0.4) is 0 Å². The number of nitrogens with one attached hydrogen (secondary N) is 1. The number of amides is 1. The van der Waals surface area contributed by atoms with Gasteiger partial charge in [0.25, 0.3) is 5.91 Å². The minimum atomic E-state index is -0.326. The predicted molar refractivity (Wildman–Crippen MR) is 65.4 cm³/mol. The van der Waals surface area contributed by atoms with Gasteiger partial charge in [-0.25, -0.2) is 15.0 Å². The van der Waals surface area contributed by atoms with E-state index in [1.165, 1.54) is 12.7 Å². The number of aromatic nitrogens is 3. The Morgan fingerprint density at radius 2 is 1.72 bits per heavy atom. The molecule has 0 spiro atoms. The lowest BCUT2D eigenvalue weighted by Gasteiger charge is -2.07. The van der Waals surface area contributed by atoms with Gasteiger partial charge >= 0.3 is 0 Å². The Labute approximate surface area is 104 Å². The smallest absolute Gasteiger partial charge is 0.258 e. The molecule has 0 radical (unpaired) electrons. The molecule has 18 heavy (non-hydrogen) atoms. The van der Waals surface area contributed by atoms with Gasteiger partial charge in [0.2, 0.25) is 5.95 Å². The highest BCUT2D eigenvalue weighted by atomic mass is 16.3. The first-order chi connectivity index (χ1) is 8.58. The molecule has 1 aromatic heterocycles. The van der Waals surface area contributed by atoms with Crippen LogP contribution in [0.5, 0.6) is 5.75 Å². The van der Waals surface area contributed by atoms with E-state index in [1.807, 2.05) is 0 Å². The van der Waals surface area contributed by atoms with E-state index in [0.29, 0.717) is 16.7 Å². The molecule has 6 heteroatoms. The Morgan fingerprint density at radius 1 is 1.17 bits per heavy atom. The van der Waals surface area contributed by atoms with E-state index in [0.717, 1.165) is 0 Å². The van der Waals surface area contributed by atoms with Crippen molar-refractivity contribution in [2.75, 3.05) is 5.32 Å². The number of aryl methyl sites for hydroxylation is 2. The summed E-state index contributed by atoms with van der Waals surface area (Å²) < 4.78 is 0. The number of hydrogen-bond acceptors (Lipinski definition) is 5. The standard InChI is InChI=1S/C12H12N4O2/c1-7-3-9(4-8(2)10(7)17)11(18)16-12-14-5-13-6-15-12/h3-6,17H,1-2H3,(H,13,14,15,16,18). The topological polar surface area (TPSA) is 88.0 Å². The lowest BCUT2D eigenvalue weighted by atomic mass is 10.1. The van der Waals surface area contributed by atoms with Crippen LogP contribution in [-0.2, 0) is 0 Å². The number of aromatic hydroxyl groups is 1. The van der Waals surface area contributed by atoms with Crippen LogP contribution in [0, 0.1) is 13.8 Å². The van der Waals surface area contributed by atoms with Crippen molar-refractivity contribution >= 4 is 11.9 Å². The SMILES string of the molecule is Cc1cc(C(=O)Nc2ncncn2)cc(C)c1O. The van der Waals surface area contributed by atoms with Crippen LogP contribution in [0.2, 0.25) is 0 Å². The maximum atomic E-state index is 11.9. The first kappa shape index (κ1) is 12.0. The highest BCUT2D eigenvalue weighted by Gasteiger charge is 2.11. The van der Waals surface area contributed by atoms with Crippen molar-refractivity contribution in [3.05, 3.63) is 41.5 Å². The maximum Gasteiger partial charge on any atom is 0.258 e. The molecule has 1 heterocycles. The Kier molecular flexibility index (Phi) is 3.18. The van der Waals surface area contributed by atoms with Gasteiger partial charge in [-0.1, -0.05) is 0 Å². The molecule has 2 aromatic rings. The predicted octanol–water partition coefficient (Wildman–Crippen LogP) is 1.45. The third kappa shape index (κ3) is 2.42. The van der Waals surface area contributed by atoms with Gasteiger partial charge in [0, 0.05) is 5.56 Å². The highest BCUT2D eigenvalue weighted by Crippen LogP contribution is 2.23. The number of phenols is 1. The Balaban J connectivity index is 2.25. The average molecular weight is 244 g/mol. The molecule has 0 atom stereocenters. The van der Waals surface area contributed by atoms with Crippen LogP contribution in [0.1, 0.15) is 21.5 Å². The second kappa shape index (κ2) is 4.79. The van der Waals surface area contributed by atoms with E-state index in [4.69, 9.17) is 0 Å². The molecule has 2 N–H and O–H groups in total. The molecule has 1 aromatic carbocycles. The number of nitrogens with zero attached hydrogens (tertiary/aromatic N) is 3. The maximum absolute atomic E-state index is 11.9. The van der Waals surface area contributed by atoms with Crippen molar-refractivity contribution in [1.29, 1.82) is 0 Å². The first-order valence-corrected chi connectivity index (χ1v) is 5.31. The second-order valence-electron chi connectivity index (χ2n) is 3.87. The summed E-state index contributed by atoms with van der Waals surface area (Å²) in [4.78, 5) is 23.2. The molecule has 92 valence electrons. The summed E-state index contributed by atoms with van der Waals surface area (Å²) in [7, 11) is 0. The fraction of sp³-hybridized carbons (Fsp3) is 0.167. The van der Waals surface area contributed by atoms with Crippen LogP contribution in [-0.4, -0.2) is 26.0 Å². The highest BCUT2D eigenvalue weighted by molar-refractivity contribution is 6.03. The van der Waals surface area contributed by atoms with Crippen LogP contribution in [0.25, 0.3) is 0 Å². The van der Waals surface area contributed by atoms with Crippen molar-refractivity contribution in [3.8, 4) is 5.75 Å². The van der Waals surface area contributed by atoms with E-state index in [1.54, 1.807) is 26.0 Å². The average Bonchev–Trinajstić information content (AvgIpc) is 2.36. The van der Waals surface area contributed by atoms with Crippen LogP contribution in [0.15, 0.2) is 24.8 Å². The van der Waals surface area contributed by atoms with Gasteiger partial charge in [-0.15, -0.1) is 0 Å². The number of carbonyl (C=O) groups excluding carboxylic acids is 1. The normalized spacial score (nSPS) is 10.1. The van der Waals surface area contributed by atoms with Crippen molar-refractivity contribution in [1.82, 2.24) is 15.0 Å². The zero-order valence-corrected chi connectivity index (χ0v) is 10.0. The number of anilines is 1. The summed E-state index contributed by atoms with van der Waals surface area (Å²) in [6.45, 7) is 3.48. The number of phenolic OH excluding ortho intramolecular Hbond substituents is 1. The van der Waals surface area contributed by atoms with E-state index >= 15 is 0 Å². The van der Waals surface area contributed by atoms with Gasteiger partial charge in [-0.05, 0) is 37.1 Å². The third-order valence-corrected chi connectivity index (χ3v) is 2.47. The molecular formula is C12H12N4O2. The molecule has 0 aliphatic carbocycles. The van der Waals surface area contributed by atoms with Gasteiger partial charge in [-0.3, -0.25) is 10.1 Å². The fourth-order valence-corrected chi connectivity index (χ4v) is 1.56. The summed E-state index contributed by atoms with van der Waals surface area (Å²) >= 11 is 0. The van der Waals surface area contributed by atoms with E-state index in [-0.39, 0.29) is 17.6 Å². The van der Waals surface area contributed by atoms with Gasteiger partial charge < -0.3 is 5.11 Å². The van der Waals surface area contributed by atoms with Gasteiger partial charge in [0.05, 0.1) is 0 Å². The fourth-order valence-electron chi connectivity index (χ4n) is 1.56. The van der Waals surface area contributed by atoms with E-state index < -0.39 is 0 Å². The van der Waals surface area contributed by atoms with Crippen LogP contribution in [0.4, 0.5) is 5.95 Å². The molecule has 1 amide bonds. The van der Waals surface area contributed by atoms with Gasteiger partial charge in [0.1, 0.15) is 18.4 Å². The molecular weight excluding hydrogens is 232 g/mol. The Morgan fingerprint density at radius 3 is 2.28 bits per heavy atom. The molecule has 0 aliphatic heterocycles. The molecule has 0 unspecified atom stereocenters. The first-order valence-electron chi connectivity index (χ1n) is 5.31. The monoisotopic (exact) mass is 244 g/mol. The number of rotatable bonds is 2. The molecule has 0 saturated carbocycles. The minimum absolute atomic E-state index is 0.193. The van der Waals surface area contributed by atoms with Crippen molar-refractivity contribution in [2.45, 2.75) is 13.8 Å². The van der Waals surface area contributed by atoms with Gasteiger partial charge in [0.15, 0.2) is 0 Å². The van der Waals surface area contributed by atoms with Crippen molar-refractivity contribution < 1.29 is 9.90 Å². The molecule has 2 rings (SSSR count). The lowest BCUT2D eigenvalue weighted by molar-refractivity contribution is 0.102. The van der Waals surface area contributed by atoms with Crippen molar-refractivity contribution in [2.24, 2.45) is 0 Å². The number of benzene rings is 1. The van der Waals surface area contributed by atoms with Crippen LogP contribution < -0.4 is 5.32 Å². The van der Waals surface area contributed by atoms with Crippen molar-refractivity contribution in [3.63, 3.8) is 0 Å². The largest absolute Gasteiger partial charge is 0.507 e. The molecule has 0 saturated heterocycles. The number of hydrogen-bond donors (Lipinski definition) is 2. The molecule has 0 aliphatic rings. The lowest BCUT2D eigenvalue weighted by Crippen LogP contribution is -2.14. The summed E-state index contributed by atoms with van der Waals surface area (Å²) in [5, 5.41) is 12.2. The zero-order chi connectivity index (χ0) is 13.1. The quantitative estimate of drug-likeness (QED) is 0.834. The third-order valence-electron chi connectivity index (χ3n) is 2.47. The Bertz CT molecular complexity index is 561. The summed E-state index contributed by atoms with van der Waals surface area (Å²) in [6.07, 6.45) is 2.60. The van der Waals surface area contributed by atoms with Crippen LogP contribution >= 0.6 is 0 Å².